The predicted octanol–water partition coefficient (Wildman–Crippen LogP) is 1.59. The summed E-state index contributed by atoms with van der Waals surface area (Å²) >= 11 is 0. The maximum Gasteiger partial charge on any atom is 0.177 e. The standard InChI is InChI=1S/C18H23FN6O/c1-17(2)7-11(5-6-26-17)18(23-8-13(20)16(21)24-18)14-9-22-15-4-3-12(19)10-25(14)15/h3-4,8-11,23H,5-7,20H2,1-2H3,(H2,21,24). The van der Waals surface area contributed by atoms with Crippen LogP contribution in [0.25, 0.3) is 5.65 Å². The molecule has 4 heterocycles. The van der Waals surface area contributed by atoms with E-state index in [1.807, 2.05) is 0 Å². The van der Waals surface area contributed by atoms with E-state index >= 15 is 0 Å². The first kappa shape index (κ1) is 16.8. The molecule has 2 aromatic rings. The van der Waals surface area contributed by atoms with Crippen molar-refractivity contribution in [3.63, 3.8) is 0 Å². The number of aromatic nitrogens is 2. The molecular formula is C18H23FN6O. The Morgan fingerprint density at radius 3 is 2.88 bits per heavy atom. The van der Waals surface area contributed by atoms with Crippen LogP contribution in [0.4, 0.5) is 4.39 Å². The number of fused-ring (bicyclic) bond motifs is 1. The average Bonchev–Trinajstić information content (AvgIpc) is 3.00. The monoisotopic (exact) mass is 358 g/mol. The van der Waals surface area contributed by atoms with Gasteiger partial charge >= 0.3 is 0 Å². The van der Waals surface area contributed by atoms with E-state index < -0.39 is 5.66 Å². The van der Waals surface area contributed by atoms with E-state index in [0.717, 1.165) is 18.5 Å². The summed E-state index contributed by atoms with van der Waals surface area (Å²) in [6, 6.07) is 3.03. The molecule has 0 radical (unpaired) electrons. The van der Waals surface area contributed by atoms with E-state index in [4.69, 9.17) is 21.2 Å². The van der Waals surface area contributed by atoms with Crippen LogP contribution in [0.3, 0.4) is 0 Å². The van der Waals surface area contributed by atoms with Gasteiger partial charge in [-0.3, -0.25) is 4.40 Å². The van der Waals surface area contributed by atoms with Crippen molar-refractivity contribution in [2.75, 3.05) is 6.61 Å². The lowest BCUT2D eigenvalue weighted by Gasteiger charge is -2.45. The maximum absolute atomic E-state index is 13.9. The largest absolute Gasteiger partial charge is 0.395 e. The number of ether oxygens (including phenoxy) is 1. The van der Waals surface area contributed by atoms with Crippen molar-refractivity contribution in [1.82, 2.24) is 14.7 Å². The van der Waals surface area contributed by atoms with Gasteiger partial charge in [0.15, 0.2) is 5.66 Å². The van der Waals surface area contributed by atoms with Crippen molar-refractivity contribution >= 4 is 11.5 Å². The summed E-state index contributed by atoms with van der Waals surface area (Å²) in [5.41, 5.74) is 12.6. The molecule has 0 aromatic carbocycles. The van der Waals surface area contributed by atoms with Crippen LogP contribution in [0.15, 0.2) is 41.4 Å². The molecule has 5 N–H and O–H groups in total. The smallest absolute Gasteiger partial charge is 0.177 e. The number of hydrogen-bond donors (Lipinski definition) is 3. The van der Waals surface area contributed by atoms with Gasteiger partial charge in [-0.15, -0.1) is 0 Å². The quantitative estimate of drug-likeness (QED) is 0.756. The number of rotatable bonds is 2. The van der Waals surface area contributed by atoms with Gasteiger partial charge < -0.3 is 21.5 Å². The number of imidazole rings is 1. The summed E-state index contributed by atoms with van der Waals surface area (Å²) in [6.07, 6.45) is 6.34. The second-order valence-electron chi connectivity index (χ2n) is 7.52. The van der Waals surface area contributed by atoms with Gasteiger partial charge in [0.05, 0.1) is 23.2 Å². The molecule has 1 fully saturated rings. The zero-order valence-electron chi connectivity index (χ0n) is 14.9. The fourth-order valence-electron chi connectivity index (χ4n) is 3.92. The predicted molar refractivity (Wildman–Crippen MR) is 96.6 cm³/mol. The summed E-state index contributed by atoms with van der Waals surface area (Å²) in [4.78, 5) is 9.18. The highest BCUT2D eigenvalue weighted by atomic mass is 19.1. The lowest BCUT2D eigenvalue weighted by atomic mass is 9.77. The van der Waals surface area contributed by atoms with E-state index in [9.17, 15) is 4.39 Å². The second kappa shape index (κ2) is 5.70. The minimum atomic E-state index is -0.888. The lowest BCUT2D eigenvalue weighted by molar-refractivity contribution is -0.0895. The van der Waals surface area contributed by atoms with Crippen LogP contribution < -0.4 is 16.8 Å². The number of nitrogens with two attached hydrogens (primary N) is 2. The third-order valence-corrected chi connectivity index (χ3v) is 5.19. The van der Waals surface area contributed by atoms with Gasteiger partial charge in [-0.25, -0.2) is 14.4 Å². The summed E-state index contributed by atoms with van der Waals surface area (Å²) in [5, 5.41) is 3.34. The van der Waals surface area contributed by atoms with Crippen LogP contribution in [0.5, 0.6) is 0 Å². The third-order valence-electron chi connectivity index (χ3n) is 5.19. The molecule has 2 aromatic heterocycles. The van der Waals surface area contributed by atoms with Crippen molar-refractivity contribution < 1.29 is 9.13 Å². The molecule has 0 saturated carbocycles. The van der Waals surface area contributed by atoms with Crippen LogP contribution in [0, 0.1) is 11.7 Å². The molecule has 8 heteroatoms. The van der Waals surface area contributed by atoms with Crippen molar-refractivity contribution in [3.05, 3.63) is 47.9 Å². The van der Waals surface area contributed by atoms with Crippen LogP contribution in [-0.2, 0) is 10.4 Å². The number of halogens is 1. The molecule has 0 aliphatic carbocycles. The minimum Gasteiger partial charge on any atom is -0.395 e. The number of pyridine rings is 1. The minimum absolute atomic E-state index is 0.0670. The lowest BCUT2D eigenvalue weighted by Crippen LogP contribution is -2.54. The summed E-state index contributed by atoms with van der Waals surface area (Å²) in [7, 11) is 0. The Bertz CT molecular complexity index is 918. The Balaban J connectivity index is 1.90. The molecule has 7 nitrogen and oxygen atoms in total. The Morgan fingerprint density at radius 2 is 2.15 bits per heavy atom. The van der Waals surface area contributed by atoms with Gasteiger partial charge in [0.25, 0.3) is 0 Å². The van der Waals surface area contributed by atoms with Crippen molar-refractivity contribution in [2.24, 2.45) is 22.4 Å². The van der Waals surface area contributed by atoms with Gasteiger partial charge in [-0.05, 0) is 38.8 Å². The normalized spacial score (nSPS) is 28.3. The third kappa shape index (κ3) is 2.61. The van der Waals surface area contributed by atoms with Gasteiger partial charge in [0, 0.05) is 24.9 Å². The zero-order valence-corrected chi connectivity index (χ0v) is 14.9. The first-order chi connectivity index (χ1) is 12.3. The SMILES string of the molecule is CC1(C)CC(C2(c3cnc4ccc(F)cn34)N=C(N)C(N)=CN2)CCO1. The number of hydrogen-bond acceptors (Lipinski definition) is 6. The van der Waals surface area contributed by atoms with Gasteiger partial charge in [-0.2, -0.15) is 0 Å². The number of nitrogens with one attached hydrogen (secondary N) is 1. The molecule has 4 rings (SSSR count). The molecule has 0 bridgehead atoms. The highest BCUT2D eigenvalue weighted by molar-refractivity contribution is 5.96. The van der Waals surface area contributed by atoms with E-state index in [2.05, 4.69) is 24.1 Å². The molecule has 2 aliphatic heterocycles. The first-order valence-corrected chi connectivity index (χ1v) is 8.67. The molecule has 2 atom stereocenters. The number of nitrogens with zero attached hydrogens (tertiary/aromatic N) is 3. The molecule has 2 aliphatic rings. The Kier molecular flexibility index (Phi) is 3.69. The fourth-order valence-corrected chi connectivity index (χ4v) is 3.92. The Morgan fingerprint density at radius 1 is 1.35 bits per heavy atom. The van der Waals surface area contributed by atoms with Crippen LogP contribution in [0.1, 0.15) is 32.4 Å². The Labute approximate surface area is 150 Å². The summed E-state index contributed by atoms with van der Waals surface area (Å²) in [6.45, 7) is 4.73. The summed E-state index contributed by atoms with van der Waals surface area (Å²) in [5.74, 6) is -0.0151. The van der Waals surface area contributed by atoms with Gasteiger partial charge in [0.2, 0.25) is 0 Å². The Hall–Kier alpha value is -2.61. The highest BCUT2D eigenvalue weighted by Gasteiger charge is 2.47. The molecular weight excluding hydrogens is 335 g/mol. The van der Waals surface area contributed by atoms with Crippen molar-refractivity contribution in [2.45, 2.75) is 38.0 Å². The molecule has 0 amide bonds. The van der Waals surface area contributed by atoms with Crippen LogP contribution in [0.2, 0.25) is 0 Å². The average molecular weight is 358 g/mol. The molecule has 138 valence electrons. The van der Waals surface area contributed by atoms with E-state index in [1.54, 1.807) is 22.9 Å². The van der Waals surface area contributed by atoms with Crippen molar-refractivity contribution in [3.8, 4) is 0 Å². The number of amidine groups is 1. The topological polar surface area (TPSA) is 103 Å². The zero-order chi connectivity index (χ0) is 18.5. The van der Waals surface area contributed by atoms with Crippen LogP contribution in [-0.4, -0.2) is 27.4 Å². The fraction of sp³-hybridized carbons (Fsp3) is 0.444. The highest BCUT2D eigenvalue weighted by Crippen LogP contribution is 2.43. The van der Waals surface area contributed by atoms with Gasteiger partial charge in [-0.1, -0.05) is 0 Å². The van der Waals surface area contributed by atoms with Crippen LogP contribution >= 0.6 is 0 Å². The number of aliphatic imine (C=N–C) groups is 1. The summed E-state index contributed by atoms with van der Waals surface area (Å²) < 4.78 is 21.5. The second-order valence-corrected chi connectivity index (χ2v) is 7.52. The van der Waals surface area contributed by atoms with E-state index in [0.29, 0.717) is 18.0 Å². The molecule has 2 unspecified atom stereocenters. The van der Waals surface area contributed by atoms with Crippen molar-refractivity contribution in [1.29, 1.82) is 0 Å². The van der Waals surface area contributed by atoms with E-state index in [-0.39, 0.29) is 23.2 Å². The maximum atomic E-state index is 13.9. The first-order valence-electron chi connectivity index (χ1n) is 8.67. The van der Waals surface area contributed by atoms with Gasteiger partial charge in [0.1, 0.15) is 17.3 Å². The molecule has 0 spiro atoms. The molecule has 1 saturated heterocycles. The van der Waals surface area contributed by atoms with E-state index in [1.165, 1.54) is 12.3 Å². The molecule has 26 heavy (non-hydrogen) atoms.